The summed E-state index contributed by atoms with van der Waals surface area (Å²) in [6, 6.07) is 1.14. The topological polar surface area (TPSA) is 44.1 Å². The van der Waals surface area contributed by atoms with Crippen molar-refractivity contribution in [3.8, 4) is 0 Å². The molecule has 0 aliphatic heterocycles. The summed E-state index contributed by atoms with van der Waals surface area (Å²) in [4.78, 5) is 15.0. The highest BCUT2D eigenvalue weighted by atomic mass is 28.3. The Hall–Kier alpha value is -0.943. The molecule has 17 heavy (non-hydrogen) atoms. The summed E-state index contributed by atoms with van der Waals surface area (Å²) in [7, 11) is -1.05. The van der Waals surface area contributed by atoms with E-state index in [1.54, 1.807) is 0 Å². The highest BCUT2D eigenvalue weighted by Crippen LogP contribution is 2.11. The first-order valence-corrected chi connectivity index (χ1v) is 9.62. The monoisotopic (exact) mass is 254 g/mol. The number of imidazole rings is 1. The molecule has 0 spiro atoms. The molecule has 1 rings (SSSR count). The molecule has 0 unspecified atom stereocenters. The summed E-state index contributed by atoms with van der Waals surface area (Å²) >= 11 is 0. The van der Waals surface area contributed by atoms with Gasteiger partial charge in [-0.05, 0) is 19.9 Å². The van der Waals surface area contributed by atoms with E-state index in [1.807, 2.05) is 18.4 Å². The zero-order chi connectivity index (χ0) is 13.1. The van der Waals surface area contributed by atoms with E-state index >= 15 is 0 Å². The van der Waals surface area contributed by atoms with Crippen LogP contribution in [-0.2, 0) is 11.5 Å². The molecule has 4 nitrogen and oxygen atoms in total. The van der Waals surface area contributed by atoms with Crippen LogP contribution in [0.5, 0.6) is 0 Å². The lowest BCUT2D eigenvalue weighted by Crippen LogP contribution is -2.22. The summed E-state index contributed by atoms with van der Waals surface area (Å²) < 4.78 is 7.46. The molecule has 1 aromatic heterocycles. The van der Waals surface area contributed by atoms with Crippen LogP contribution in [0.25, 0.3) is 0 Å². The van der Waals surface area contributed by atoms with Crippen molar-refractivity contribution in [1.82, 2.24) is 9.55 Å². The van der Waals surface area contributed by atoms with Gasteiger partial charge in [0, 0.05) is 20.4 Å². The number of rotatable bonds is 6. The van der Waals surface area contributed by atoms with Crippen molar-refractivity contribution < 1.29 is 9.53 Å². The van der Waals surface area contributed by atoms with Gasteiger partial charge in [0.2, 0.25) is 0 Å². The molecule has 0 aliphatic carbocycles. The average Bonchev–Trinajstić information content (AvgIpc) is 2.49. The molecule has 0 saturated heterocycles. The number of aryl methyl sites for hydroxylation is 1. The second-order valence-corrected chi connectivity index (χ2v) is 11.2. The molecule has 0 aromatic carbocycles. The van der Waals surface area contributed by atoms with Gasteiger partial charge in [-0.1, -0.05) is 19.6 Å². The van der Waals surface area contributed by atoms with Crippen LogP contribution in [0.15, 0.2) is 0 Å². The first-order chi connectivity index (χ1) is 7.85. The Morgan fingerprint density at radius 1 is 1.35 bits per heavy atom. The predicted molar refractivity (Wildman–Crippen MR) is 71.2 cm³/mol. The van der Waals surface area contributed by atoms with Gasteiger partial charge in [0.05, 0.1) is 5.69 Å². The fourth-order valence-corrected chi connectivity index (χ4v) is 2.22. The van der Waals surface area contributed by atoms with E-state index in [-0.39, 0.29) is 0 Å². The first-order valence-electron chi connectivity index (χ1n) is 5.92. The Labute approximate surface area is 104 Å². The maximum absolute atomic E-state index is 10.9. The van der Waals surface area contributed by atoms with Gasteiger partial charge in [-0.3, -0.25) is 4.79 Å². The van der Waals surface area contributed by atoms with Crippen molar-refractivity contribution in [2.45, 2.75) is 46.3 Å². The highest BCUT2D eigenvalue weighted by molar-refractivity contribution is 6.76. The molecule has 0 fully saturated rings. The molecule has 0 N–H and O–H groups in total. The predicted octanol–water partition coefficient (Wildman–Crippen LogP) is 2.62. The Morgan fingerprint density at radius 2 is 2.00 bits per heavy atom. The van der Waals surface area contributed by atoms with Crippen LogP contribution < -0.4 is 0 Å². The summed E-state index contributed by atoms with van der Waals surface area (Å²) in [6.07, 6.45) is 0.780. The normalized spacial score (nSPS) is 11.8. The van der Waals surface area contributed by atoms with Gasteiger partial charge < -0.3 is 9.30 Å². The van der Waals surface area contributed by atoms with Crippen LogP contribution in [0.3, 0.4) is 0 Å². The van der Waals surface area contributed by atoms with Gasteiger partial charge in [-0.15, -0.1) is 0 Å². The first kappa shape index (κ1) is 14.1. The maximum Gasteiger partial charge on any atom is 0.185 e. The van der Waals surface area contributed by atoms with Crippen molar-refractivity contribution in [2.75, 3.05) is 6.61 Å². The van der Waals surface area contributed by atoms with E-state index in [0.717, 1.165) is 30.3 Å². The zero-order valence-electron chi connectivity index (χ0n) is 11.4. The summed E-state index contributed by atoms with van der Waals surface area (Å²) in [5.74, 6) is 0.452. The van der Waals surface area contributed by atoms with Crippen LogP contribution in [0.4, 0.5) is 0 Å². The van der Waals surface area contributed by atoms with Crippen LogP contribution in [0.1, 0.15) is 22.0 Å². The van der Waals surface area contributed by atoms with E-state index in [4.69, 9.17) is 4.74 Å². The summed E-state index contributed by atoms with van der Waals surface area (Å²) in [6.45, 7) is 12.0. The van der Waals surface area contributed by atoms with Gasteiger partial charge in [0.15, 0.2) is 12.1 Å². The van der Waals surface area contributed by atoms with E-state index in [9.17, 15) is 4.79 Å². The van der Waals surface area contributed by atoms with Crippen molar-refractivity contribution in [1.29, 1.82) is 0 Å². The van der Waals surface area contributed by atoms with Crippen LogP contribution in [0.2, 0.25) is 25.7 Å². The lowest BCUT2D eigenvalue weighted by atomic mass is 10.4. The SMILES string of the molecule is Cc1nc(C=O)n(COCC[Si](C)(C)C)c1C. The van der Waals surface area contributed by atoms with E-state index in [2.05, 4.69) is 24.6 Å². The second kappa shape index (κ2) is 5.60. The number of carbonyl (C=O) groups is 1. The number of hydrogen-bond donors (Lipinski definition) is 0. The number of aldehydes is 1. The minimum absolute atomic E-state index is 0.422. The van der Waals surface area contributed by atoms with E-state index in [0.29, 0.717) is 12.6 Å². The molecular formula is C12H22N2O2Si. The third-order valence-corrected chi connectivity index (χ3v) is 4.51. The largest absolute Gasteiger partial charge is 0.361 e. The van der Waals surface area contributed by atoms with Crippen LogP contribution >= 0.6 is 0 Å². The third-order valence-electron chi connectivity index (χ3n) is 2.81. The molecule has 1 heterocycles. The number of carbonyl (C=O) groups excluding carboxylic acids is 1. The molecule has 0 aliphatic rings. The van der Waals surface area contributed by atoms with E-state index in [1.165, 1.54) is 0 Å². The van der Waals surface area contributed by atoms with Gasteiger partial charge in [-0.25, -0.2) is 4.98 Å². The quantitative estimate of drug-likeness (QED) is 0.445. The average molecular weight is 254 g/mol. The molecule has 0 bridgehead atoms. The van der Waals surface area contributed by atoms with Gasteiger partial charge >= 0.3 is 0 Å². The second-order valence-electron chi connectivity index (χ2n) is 5.53. The van der Waals surface area contributed by atoms with E-state index < -0.39 is 8.07 Å². The fraction of sp³-hybridized carbons (Fsp3) is 0.667. The Bertz CT molecular complexity index is 394. The Balaban J connectivity index is 2.55. The van der Waals surface area contributed by atoms with Crippen molar-refractivity contribution in [2.24, 2.45) is 0 Å². The van der Waals surface area contributed by atoms with Crippen molar-refractivity contribution >= 4 is 14.4 Å². The molecule has 5 heteroatoms. The maximum atomic E-state index is 10.9. The molecule has 96 valence electrons. The van der Waals surface area contributed by atoms with Crippen molar-refractivity contribution in [3.05, 3.63) is 17.2 Å². The third kappa shape index (κ3) is 4.09. The molecule has 0 atom stereocenters. The highest BCUT2D eigenvalue weighted by Gasteiger charge is 2.13. The number of ether oxygens (including phenoxy) is 1. The van der Waals surface area contributed by atoms with Crippen LogP contribution in [-0.4, -0.2) is 30.5 Å². The van der Waals surface area contributed by atoms with Gasteiger partial charge in [0.25, 0.3) is 0 Å². The molecule has 1 aromatic rings. The minimum Gasteiger partial charge on any atom is -0.361 e. The number of nitrogens with zero attached hydrogens (tertiary/aromatic N) is 2. The van der Waals surface area contributed by atoms with Gasteiger partial charge in [-0.2, -0.15) is 0 Å². The summed E-state index contributed by atoms with van der Waals surface area (Å²) in [5, 5.41) is 0. The molecule has 0 amide bonds. The lowest BCUT2D eigenvalue weighted by Gasteiger charge is -2.16. The molecule has 0 saturated carbocycles. The standard InChI is InChI=1S/C12H22N2O2Si/c1-10-11(2)14(12(8-15)13-10)9-16-6-7-17(3,4)5/h8H,6-7,9H2,1-5H3. The Morgan fingerprint density at radius 3 is 2.53 bits per heavy atom. The van der Waals surface area contributed by atoms with Crippen LogP contribution in [0, 0.1) is 13.8 Å². The molecule has 0 radical (unpaired) electrons. The minimum atomic E-state index is -1.05. The number of hydrogen-bond acceptors (Lipinski definition) is 3. The summed E-state index contributed by atoms with van der Waals surface area (Å²) in [5.41, 5.74) is 1.89. The lowest BCUT2D eigenvalue weighted by molar-refractivity contribution is 0.0820. The van der Waals surface area contributed by atoms with Crippen molar-refractivity contribution in [3.63, 3.8) is 0 Å². The smallest absolute Gasteiger partial charge is 0.185 e. The van der Waals surface area contributed by atoms with Gasteiger partial charge in [0.1, 0.15) is 6.73 Å². The Kier molecular flexibility index (Phi) is 4.65. The number of aromatic nitrogens is 2. The zero-order valence-corrected chi connectivity index (χ0v) is 12.4. The molecular weight excluding hydrogens is 232 g/mol. The fourth-order valence-electron chi connectivity index (χ4n) is 1.47.